The first-order valence-electron chi connectivity index (χ1n) is 6.10. The molecule has 0 bridgehead atoms. The number of aromatic nitrogens is 2. The van der Waals surface area contributed by atoms with Gasteiger partial charge in [-0.2, -0.15) is 4.98 Å². The Morgan fingerprint density at radius 2 is 1.94 bits per heavy atom. The first-order chi connectivity index (χ1) is 8.01. The van der Waals surface area contributed by atoms with Gasteiger partial charge in [0.25, 0.3) is 5.95 Å². The molecule has 1 aromatic heterocycles. The number of nitrogens with zero attached hydrogens (tertiary/aromatic N) is 3. The lowest BCUT2D eigenvalue weighted by Gasteiger charge is -2.15. The van der Waals surface area contributed by atoms with Gasteiger partial charge in [-0.3, -0.25) is 4.79 Å². The van der Waals surface area contributed by atoms with Crippen LogP contribution in [0.2, 0.25) is 0 Å². The molecule has 1 atom stereocenters. The maximum atomic E-state index is 11.6. The smallest absolute Gasteiger partial charge is 0.266 e. The first-order valence-corrected chi connectivity index (χ1v) is 6.10. The van der Waals surface area contributed by atoms with E-state index in [9.17, 15) is 4.79 Å². The van der Waals surface area contributed by atoms with Crippen LogP contribution in [0.3, 0.4) is 0 Å². The lowest BCUT2D eigenvalue weighted by Crippen LogP contribution is -2.23. The summed E-state index contributed by atoms with van der Waals surface area (Å²) in [6.07, 6.45) is 0. The average Bonchev–Trinajstić information content (AvgIpc) is 2.68. The molecule has 5 nitrogen and oxygen atoms in total. The van der Waals surface area contributed by atoms with Gasteiger partial charge in [0.2, 0.25) is 5.89 Å². The second kappa shape index (κ2) is 5.80. The highest BCUT2D eigenvalue weighted by Crippen LogP contribution is 2.25. The molecule has 0 aliphatic heterocycles. The van der Waals surface area contributed by atoms with Crippen LogP contribution in [-0.2, 0) is 4.79 Å². The largest absolute Gasteiger partial charge is 0.339 e. The molecule has 0 spiro atoms. The average molecular weight is 239 g/mol. The molecule has 0 saturated heterocycles. The lowest BCUT2D eigenvalue weighted by atomic mass is 9.92. The molecule has 0 radical (unpaired) electrons. The van der Waals surface area contributed by atoms with Gasteiger partial charge in [-0.25, -0.2) is 0 Å². The SMILES string of the molecule is CCN(CC)c1noc(C(C(C)=O)C(C)C)n1. The van der Waals surface area contributed by atoms with Crippen molar-refractivity contribution in [1.82, 2.24) is 10.1 Å². The van der Waals surface area contributed by atoms with E-state index in [4.69, 9.17) is 4.52 Å². The summed E-state index contributed by atoms with van der Waals surface area (Å²) in [6.45, 7) is 11.2. The second-order valence-corrected chi connectivity index (χ2v) is 4.44. The fourth-order valence-electron chi connectivity index (χ4n) is 1.92. The van der Waals surface area contributed by atoms with Gasteiger partial charge >= 0.3 is 0 Å². The van der Waals surface area contributed by atoms with Gasteiger partial charge in [0.1, 0.15) is 5.78 Å². The van der Waals surface area contributed by atoms with E-state index in [-0.39, 0.29) is 17.6 Å². The van der Waals surface area contributed by atoms with Crippen molar-refractivity contribution in [2.75, 3.05) is 18.0 Å². The number of hydrogen-bond acceptors (Lipinski definition) is 5. The highest BCUT2D eigenvalue weighted by molar-refractivity contribution is 5.82. The predicted octanol–water partition coefficient (Wildman–Crippen LogP) is 2.24. The van der Waals surface area contributed by atoms with Crippen LogP contribution in [0.15, 0.2) is 4.52 Å². The van der Waals surface area contributed by atoms with Gasteiger partial charge < -0.3 is 9.42 Å². The van der Waals surface area contributed by atoms with Crippen molar-refractivity contribution < 1.29 is 9.32 Å². The van der Waals surface area contributed by atoms with Crippen molar-refractivity contribution in [1.29, 1.82) is 0 Å². The maximum Gasteiger partial charge on any atom is 0.266 e. The van der Waals surface area contributed by atoms with Gasteiger partial charge in [0.15, 0.2) is 0 Å². The Hall–Kier alpha value is -1.39. The number of carbonyl (C=O) groups is 1. The summed E-state index contributed by atoms with van der Waals surface area (Å²) in [6, 6.07) is 0. The summed E-state index contributed by atoms with van der Waals surface area (Å²) >= 11 is 0. The normalized spacial score (nSPS) is 12.8. The lowest BCUT2D eigenvalue weighted by molar-refractivity contribution is -0.119. The minimum absolute atomic E-state index is 0.0646. The number of hydrogen-bond donors (Lipinski definition) is 0. The molecule has 1 heterocycles. The van der Waals surface area contributed by atoms with Crippen molar-refractivity contribution in [3.8, 4) is 0 Å². The van der Waals surface area contributed by atoms with Crippen LogP contribution < -0.4 is 4.90 Å². The third-order valence-corrected chi connectivity index (χ3v) is 2.85. The van der Waals surface area contributed by atoms with Crippen molar-refractivity contribution >= 4 is 11.7 Å². The maximum absolute atomic E-state index is 11.6. The minimum atomic E-state index is -0.299. The van der Waals surface area contributed by atoms with Crippen LogP contribution in [0, 0.1) is 5.92 Å². The van der Waals surface area contributed by atoms with Crippen molar-refractivity contribution in [2.24, 2.45) is 5.92 Å². The van der Waals surface area contributed by atoms with E-state index in [0.29, 0.717) is 11.8 Å². The molecule has 17 heavy (non-hydrogen) atoms. The Kier molecular flexibility index (Phi) is 4.66. The van der Waals surface area contributed by atoms with Gasteiger partial charge in [-0.1, -0.05) is 13.8 Å². The van der Waals surface area contributed by atoms with E-state index in [1.807, 2.05) is 32.6 Å². The van der Waals surface area contributed by atoms with Gasteiger partial charge in [-0.15, -0.1) is 0 Å². The zero-order valence-electron chi connectivity index (χ0n) is 11.2. The van der Waals surface area contributed by atoms with Crippen LogP contribution in [0.1, 0.15) is 46.4 Å². The van der Waals surface area contributed by atoms with E-state index >= 15 is 0 Å². The highest BCUT2D eigenvalue weighted by Gasteiger charge is 2.27. The molecule has 0 aliphatic carbocycles. The summed E-state index contributed by atoms with van der Waals surface area (Å²) in [7, 11) is 0. The molecule has 0 fully saturated rings. The molecule has 96 valence electrons. The number of ketones is 1. The number of anilines is 1. The number of Topliss-reactive ketones (excluding diaryl/α,β-unsaturated/α-hetero) is 1. The Morgan fingerprint density at radius 1 is 1.35 bits per heavy atom. The van der Waals surface area contributed by atoms with Crippen LogP contribution in [0.4, 0.5) is 5.95 Å². The zero-order chi connectivity index (χ0) is 13.0. The van der Waals surface area contributed by atoms with E-state index in [1.54, 1.807) is 6.92 Å². The quantitative estimate of drug-likeness (QED) is 0.762. The highest BCUT2D eigenvalue weighted by atomic mass is 16.5. The summed E-state index contributed by atoms with van der Waals surface area (Å²) < 4.78 is 5.21. The molecule has 1 unspecified atom stereocenters. The van der Waals surface area contributed by atoms with E-state index in [1.165, 1.54) is 0 Å². The van der Waals surface area contributed by atoms with E-state index < -0.39 is 0 Å². The monoisotopic (exact) mass is 239 g/mol. The van der Waals surface area contributed by atoms with Crippen molar-refractivity contribution in [3.63, 3.8) is 0 Å². The third-order valence-electron chi connectivity index (χ3n) is 2.85. The van der Waals surface area contributed by atoms with Crippen LogP contribution in [0.5, 0.6) is 0 Å². The van der Waals surface area contributed by atoms with Crippen molar-refractivity contribution in [3.05, 3.63) is 5.89 Å². The summed E-state index contributed by atoms with van der Waals surface area (Å²) in [5.74, 6) is 0.922. The standard InChI is InChI=1S/C12H21N3O2/c1-6-15(7-2)12-13-11(17-14-12)10(8(3)4)9(5)16/h8,10H,6-7H2,1-5H3. The van der Waals surface area contributed by atoms with Gasteiger partial charge in [0.05, 0.1) is 5.92 Å². The van der Waals surface area contributed by atoms with Crippen LogP contribution in [0.25, 0.3) is 0 Å². The number of rotatable bonds is 6. The second-order valence-electron chi connectivity index (χ2n) is 4.44. The fourth-order valence-corrected chi connectivity index (χ4v) is 1.92. The van der Waals surface area contributed by atoms with Crippen LogP contribution in [-0.4, -0.2) is 29.0 Å². The fraction of sp³-hybridized carbons (Fsp3) is 0.750. The molecule has 0 aliphatic rings. The molecule has 5 heteroatoms. The molecule has 1 aromatic rings. The van der Waals surface area contributed by atoms with Gasteiger partial charge in [0, 0.05) is 13.1 Å². The molecule has 0 aromatic carbocycles. The Morgan fingerprint density at radius 3 is 2.35 bits per heavy atom. The zero-order valence-corrected chi connectivity index (χ0v) is 11.2. The Labute approximate surface area is 102 Å². The Bertz CT molecular complexity index is 370. The summed E-state index contributed by atoms with van der Waals surface area (Å²) in [4.78, 5) is 17.9. The van der Waals surface area contributed by atoms with Gasteiger partial charge in [-0.05, 0) is 31.8 Å². The topological polar surface area (TPSA) is 59.2 Å². The van der Waals surface area contributed by atoms with E-state index in [2.05, 4.69) is 10.1 Å². The molecular formula is C12H21N3O2. The predicted molar refractivity (Wildman–Crippen MR) is 66.1 cm³/mol. The molecule has 0 amide bonds. The molecular weight excluding hydrogens is 218 g/mol. The molecule has 0 N–H and O–H groups in total. The Balaban J connectivity index is 2.96. The number of carbonyl (C=O) groups excluding carboxylic acids is 1. The third kappa shape index (κ3) is 3.05. The first kappa shape index (κ1) is 13.7. The van der Waals surface area contributed by atoms with Crippen molar-refractivity contribution in [2.45, 2.75) is 40.5 Å². The van der Waals surface area contributed by atoms with Crippen LogP contribution >= 0.6 is 0 Å². The van der Waals surface area contributed by atoms with E-state index in [0.717, 1.165) is 13.1 Å². The summed E-state index contributed by atoms with van der Waals surface area (Å²) in [5.41, 5.74) is 0. The molecule has 1 rings (SSSR count). The summed E-state index contributed by atoms with van der Waals surface area (Å²) in [5, 5.41) is 3.93. The minimum Gasteiger partial charge on any atom is -0.339 e. The molecule has 0 saturated carbocycles.